The summed E-state index contributed by atoms with van der Waals surface area (Å²) in [5.41, 5.74) is 1.93. The van der Waals surface area contributed by atoms with Crippen LogP contribution in [0.1, 0.15) is 5.56 Å². The molecule has 0 aliphatic carbocycles. The number of methoxy groups -OCH3 is 3. The SMILES string of the molecule is COc1ccc(OC)c(NCc2ccc(OC)nc2)c1. The average molecular weight is 274 g/mol. The number of hydrogen-bond acceptors (Lipinski definition) is 5. The Morgan fingerprint density at radius 2 is 1.85 bits per heavy atom. The van der Waals surface area contributed by atoms with Crippen molar-refractivity contribution < 1.29 is 14.2 Å². The average Bonchev–Trinajstić information content (AvgIpc) is 2.53. The van der Waals surface area contributed by atoms with E-state index in [0.717, 1.165) is 22.7 Å². The molecular formula is C15H18N2O3. The number of rotatable bonds is 6. The molecule has 0 radical (unpaired) electrons. The third-order valence-electron chi connectivity index (χ3n) is 2.90. The number of pyridine rings is 1. The Bertz CT molecular complexity index is 556. The van der Waals surface area contributed by atoms with Crippen molar-refractivity contribution >= 4 is 5.69 Å². The minimum absolute atomic E-state index is 0.604. The van der Waals surface area contributed by atoms with Gasteiger partial charge in [-0.05, 0) is 17.7 Å². The molecule has 0 unspecified atom stereocenters. The molecule has 1 aromatic carbocycles. The molecule has 0 atom stereocenters. The van der Waals surface area contributed by atoms with E-state index < -0.39 is 0 Å². The van der Waals surface area contributed by atoms with Crippen molar-refractivity contribution in [3.8, 4) is 17.4 Å². The summed E-state index contributed by atoms with van der Waals surface area (Å²) < 4.78 is 15.6. The fourth-order valence-corrected chi connectivity index (χ4v) is 1.79. The van der Waals surface area contributed by atoms with Crippen LogP contribution in [0, 0.1) is 0 Å². The van der Waals surface area contributed by atoms with Crippen LogP contribution in [-0.4, -0.2) is 26.3 Å². The maximum Gasteiger partial charge on any atom is 0.212 e. The molecule has 1 heterocycles. The first-order valence-electron chi connectivity index (χ1n) is 6.21. The molecule has 1 N–H and O–H groups in total. The molecule has 5 nitrogen and oxygen atoms in total. The predicted octanol–water partition coefficient (Wildman–Crippen LogP) is 2.72. The lowest BCUT2D eigenvalue weighted by Crippen LogP contribution is -2.02. The van der Waals surface area contributed by atoms with Crippen LogP contribution in [0.5, 0.6) is 17.4 Å². The summed E-state index contributed by atoms with van der Waals surface area (Å²) >= 11 is 0. The smallest absolute Gasteiger partial charge is 0.212 e. The van der Waals surface area contributed by atoms with Crippen LogP contribution < -0.4 is 19.5 Å². The van der Waals surface area contributed by atoms with Gasteiger partial charge in [0.15, 0.2) is 0 Å². The highest BCUT2D eigenvalue weighted by molar-refractivity contribution is 5.59. The normalized spacial score (nSPS) is 9.95. The second-order valence-corrected chi connectivity index (χ2v) is 4.13. The standard InChI is InChI=1S/C15H18N2O3/c1-18-12-5-6-14(19-2)13(8-12)16-9-11-4-7-15(20-3)17-10-11/h4-8,10,16H,9H2,1-3H3. The highest BCUT2D eigenvalue weighted by Crippen LogP contribution is 2.29. The quantitative estimate of drug-likeness (QED) is 0.877. The molecular weight excluding hydrogens is 256 g/mol. The third-order valence-corrected chi connectivity index (χ3v) is 2.90. The van der Waals surface area contributed by atoms with Crippen LogP contribution in [0.2, 0.25) is 0 Å². The molecule has 0 amide bonds. The number of ether oxygens (including phenoxy) is 3. The van der Waals surface area contributed by atoms with Crippen LogP contribution in [0.3, 0.4) is 0 Å². The largest absolute Gasteiger partial charge is 0.497 e. The number of hydrogen-bond donors (Lipinski definition) is 1. The molecule has 5 heteroatoms. The maximum atomic E-state index is 5.32. The molecule has 2 rings (SSSR count). The molecule has 2 aromatic rings. The van der Waals surface area contributed by atoms with Gasteiger partial charge in [0.05, 0.1) is 27.0 Å². The zero-order valence-electron chi connectivity index (χ0n) is 11.8. The van der Waals surface area contributed by atoms with Crippen molar-refractivity contribution in [3.05, 3.63) is 42.1 Å². The van der Waals surface area contributed by atoms with E-state index in [1.54, 1.807) is 27.5 Å². The molecule has 1 aromatic heterocycles. The molecule has 0 saturated heterocycles. The number of benzene rings is 1. The summed E-state index contributed by atoms with van der Waals surface area (Å²) in [6.07, 6.45) is 1.78. The third kappa shape index (κ3) is 3.32. The molecule has 0 aliphatic heterocycles. The number of anilines is 1. The van der Waals surface area contributed by atoms with Crippen molar-refractivity contribution in [2.45, 2.75) is 6.54 Å². The van der Waals surface area contributed by atoms with Gasteiger partial charge in [0.1, 0.15) is 11.5 Å². The fourth-order valence-electron chi connectivity index (χ4n) is 1.79. The lowest BCUT2D eigenvalue weighted by molar-refractivity contribution is 0.397. The van der Waals surface area contributed by atoms with Crippen molar-refractivity contribution in [3.63, 3.8) is 0 Å². The van der Waals surface area contributed by atoms with Gasteiger partial charge in [0, 0.05) is 24.9 Å². The summed E-state index contributed by atoms with van der Waals surface area (Å²) in [5, 5.41) is 3.31. The lowest BCUT2D eigenvalue weighted by Gasteiger charge is -2.12. The van der Waals surface area contributed by atoms with E-state index in [0.29, 0.717) is 12.4 Å². The van der Waals surface area contributed by atoms with Crippen molar-refractivity contribution in [2.75, 3.05) is 26.6 Å². The Morgan fingerprint density at radius 1 is 1.00 bits per heavy atom. The number of nitrogens with one attached hydrogen (secondary N) is 1. The van der Waals surface area contributed by atoms with E-state index >= 15 is 0 Å². The Hall–Kier alpha value is -2.43. The Morgan fingerprint density at radius 3 is 2.45 bits per heavy atom. The van der Waals surface area contributed by atoms with Crippen LogP contribution in [0.25, 0.3) is 0 Å². The van der Waals surface area contributed by atoms with E-state index in [2.05, 4.69) is 10.3 Å². The van der Waals surface area contributed by atoms with Crippen LogP contribution in [0.15, 0.2) is 36.5 Å². The molecule has 0 spiro atoms. The van der Waals surface area contributed by atoms with Crippen molar-refractivity contribution in [2.24, 2.45) is 0 Å². The zero-order valence-corrected chi connectivity index (χ0v) is 11.8. The Kier molecular flexibility index (Phi) is 4.65. The molecule has 0 bridgehead atoms. The van der Waals surface area contributed by atoms with Gasteiger partial charge in [-0.3, -0.25) is 0 Å². The first-order valence-corrected chi connectivity index (χ1v) is 6.21. The van der Waals surface area contributed by atoms with Crippen LogP contribution >= 0.6 is 0 Å². The van der Waals surface area contributed by atoms with Gasteiger partial charge in [-0.25, -0.2) is 4.98 Å². The topological polar surface area (TPSA) is 52.6 Å². The van der Waals surface area contributed by atoms with E-state index in [1.807, 2.05) is 30.3 Å². The molecule has 106 valence electrons. The molecule has 0 fully saturated rings. The number of aromatic nitrogens is 1. The second kappa shape index (κ2) is 6.65. The molecule has 0 aliphatic rings. The Labute approximate surface area is 118 Å². The van der Waals surface area contributed by atoms with Crippen molar-refractivity contribution in [1.82, 2.24) is 4.98 Å². The van der Waals surface area contributed by atoms with Gasteiger partial charge >= 0.3 is 0 Å². The summed E-state index contributed by atoms with van der Waals surface area (Å²) in [6.45, 7) is 0.639. The summed E-state index contributed by atoms with van der Waals surface area (Å²) in [6, 6.07) is 9.42. The minimum Gasteiger partial charge on any atom is -0.497 e. The first kappa shape index (κ1) is 14.0. The van der Waals surface area contributed by atoms with E-state index in [4.69, 9.17) is 14.2 Å². The van der Waals surface area contributed by atoms with E-state index in [1.165, 1.54) is 0 Å². The highest BCUT2D eigenvalue weighted by atomic mass is 16.5. The second-order valence-electron chi connectivity index (χ2n) is 4.13. The minimum atomic E-state index is 0.604. The summed E-state index contributed by atoms with van der Waals surface area (Å²) in [5.74, 6) is 2.15. The van der Waals surface area contributed by atoms with Gasteiger partial charge in [0.2, 0.25) is 5.88 Å². The molecule has 20 heavy (non-hydrogen) atoms. The van der Waals surface area contributed by atoms with Gasteiger partial charge < -0.3 is 19.5 Å². The van der Waals surface area contributed by atoms with Crippen LogP contribution in [-0.2, 0) is 6.54 Å². The van der Waals surface area contributed by atoms with Gasteiger partial charge in [-0.15, -0.1) is 0 Å². The van der Waals surface area contributed by atoms with E-state index in [-0.39, 0.29) is 0 Å². The lowest BCUT2D eigenvalue weighted by atomic mass is 10.2. The van der Waals surface area contributed by atoms with Gasteiger partial charge in [0.25, 0.3) is 0 Å². The summed E-state index contributed by atoms with van der Waals surface area (Å²) in [7, 11) is 4.88. The summed E-state index contributed by atoms with van der Waals surface area (Å²) in [4.78, 5) is 4.17. The first-order chi connectivity index (χ1) is 9.76. The highest BCUT2D eigenvalue weighted by Gasteiger charge is 2.05. The maximum absolute atomic E-state index is 5.32. The predicted molar refractivity (Wildman–Crippen MR) is 77.7 cm³/mol. The van der Waals surface area contributed by atoms with Crippen molar-refractivity contribution in [1.29, 1.82) is 0 Å². The van der Waals surface area contributed by atoms with Gasteiger partial charge in [-0.2, -0.15) is 0 Å². The Balaban J connectivity index is 2.08. The number of nitrogens with zero attached hydrogens (tertiary/aromatic N) is 1. The molecule has 0 saturated carbocycles. The van der Waals surface area contributed by atoms with Gasteiger partial charge in [-0.1, -0.05) is 6.07 Å². The van der Waals surface area contributed by atoms with Crippen LogP contribution in [0.4, 0.5) is 5.69 Å². The van der Waals surface area contributed by atoms with E-state index in [9.17, 15) is 0 Å². The fraction of sp³-hybridized carbons (Fsp3) is 0.267. The zero-order chi connectivity index (χ0) is 14.4. The monoisotopic (exact) mass is 274 g/mol.